The third-order valence-electron chi connectivity index (χ3n) is 1.51. The minimum atomic E-state index is -1.16. The summed E-state index contributed by atoms with van der Waals surface area (Å²) >= 11 is 0. The van der Waals surface area contributed by atoms with Crippen LogP contribution in [0.5, 0.6) is 0 Å². The van der Waals surface area contributed by atoms with E-state index in [9.17, 15) is 14.4 Å². The van der Waals surface area contributed by atoms with E-state index in [1.807, 2.05) is 0 Å². The van der Waals surface area contributed by atoms with E-state index in [0.29, 0.717) is 0 Å². The number of hydrogen-bond acceptors (Lipinski definition) is 5. The molecular formula is C8H9N3O5. The molecule has 0 fully saturated rings. The van der Waals surface area contributed by atoms with Crippen LogP contribution in [0.4, 0.5) is 0 Å². The molecule has 1 rings (SSSR count). The van der Waals surface area contributed by atoms with Crippen LogP contribution in [-0.2, 0) is 9.59 Å². The fourth-order valence-corrected chi connectivity index (χ4v) is 0.817. The quantitative estimate of drug-likeness (QED) is 0.569. The van der Waals surface area contributed by atoms with Gasteiger partial charge in [0.05, 0.1) is 12.7 Å². The van der Waals surface area contributed by atoms with Gasteiger partial charge >= 0.3 is 5.97 Å². The molecule has 0 spiro atoms. The zero-order chi connectivity index (χ0) is 12.0. The number of aromatic nitrogens is 1. The number of amides is 2. The molecule has 1 aromatic heterocycles. The normalized spacial score (nSPS) is 9.50. The molecule has 0 radical (unpaired) electrons. The molecule has 0 saturated heterocycles. The molecule has 0 atom stereocenters. The molecule has 0 aliphatic rings. The topological polar surface area (TPSA) is 122 Å². The minimum absolute atomic E-state index is 0.0222. The molecule has 0 aliphatic heterocycles. The lowest BCUT2D eigenvalue weighted by Crippen LogP contribution is -2.38. The van der Waals surface area contributed by atoms with Crippen molar-refractivity contribution in [3.63, 3.8) is 0 Å². The highest BCUT2D eigenvalue weighted by molar-refractivity contribution is 5.94. The zero-order valence-corrected chi connectivity index (χ0v) is 8.10. The molecule has 0 aliphatic carbocycles. The van der Waals surface area contributed by atoms with Gasteiger partial charge in [0.25, 0.3) is 5.91 Å². The second-order valence-corrected chi connectivity index (χ2v) is 2.73. The Kier molecular flexibility index (Phi) is 4.01. The van der Waals surface area contributed by atoms with Gasteiger partial charge in [0, 0.05) is 6.07 Å². The highest BCUT2D eigenvalue weighted by atomic mass is 16.5. The first kappa shape index (κ1) is 11.7. The highest BCUT2D eigenvalue weighted by Crippen LogP contribution is 1.94. The molecule has 86 valence electrons. The maximum absolute atomic E-state index is 11.2. The minimum Gasteiger partial charge on any atom is -0.480 e. The summed E-state index contributed by atoms with van der Waals surface area (Å²) < 4.78 is 4.54. The van der Waals surface area contributed by atoms with Gasteiger partial charge in [-0.15, -0.1) is 0 Å². The van der Waals surface area contributed by atoms with Crippen LogP contribution in [0.3, 0.4) is 0 Å². The first-order valence-corrected chi connectivity index (χ1v) is 4.27. The average Bonchev–Trinajstić information content (AvgIpc) is 2.76. The monoisotopic (exact) mass is 227 g/mol. The molecule has 3 N–H and O–H groups in total. The van der Waals surface area contributed by atoms with Crippen LogP contribution in [0.15, 0.2) is 16.8 Å². The van der Waals surface area contributed by atoms with Gasteiger partial charge in [0.2, 0.25) is 11.7 Å². The first-order valence-electron chi connectivity index (χ1n) is 4.27. The third-order valence-corrected chi connectivity index (χ3v) is 1.51. The van der Waals surface area contributed by atoms with Gasteiger partial charge < -0.3 is 20.3 Å². The molecule has 1 aromatic rings. The predicted octanol–water partition coefficient (Wildman–Crippen LogP) is -1.39. The standard InChI is InChI=1S/C8H9N3O5/c12-6(9-4-7(13)14)3-10-8(15)5-1-2-11-16-5/h1-2H,3-4H2,(H,9,12)(H,10,15)(H,13,14). The van der Waals surface area contributed by atoms with Crippen molar-refractivity contribution in [2.75, 3.05) is 13.1 Å². The van der Waals surface area contributed by atoms with Crippen LogP contribution in [0.1, 0.15) is 10.6 Å². The zero-order valence-electron chi connectivity index (χ0n) is 8.10. The molecule has 16 heavy (non-hydrogen) atoms. The van der Waals surface area contributed by atoms with Crippen LogP contribution in [0.2, 0.25) is 0 Å². The largest absolute Gasteiger partial charge is 0.480 e. The summed E-state index contributed by atoms with van der Waals surface area (Å²) in [5, 5.41) is 15.9. The maximum atomic E-state index is 11.2. The summed E-state index contributed by atoms with van der Waals surface area (Å²) in [6, 6.07) is 1.34. The number of carboxylic acid groups (broad SMARTS) is 1. The van der Waals surface area contributed by atoms with Crippen molar-refractivity contribution in [3.8, 4) is 0 Å². The lowest BCUT2D eigenvalue weighted by molar-refractivity contribution is -0.137. The molecule has 8 heteroatoms. The SMILES string of the molecule is O=C(O)CNC(=O)CNC(=O)c1ccno1. The average molecular weight is 227 g/mol. The van der Waals surface area contributed by atoms with E-state index in [4.69, 9.17) is 5.11 Å². The molecule has 8 nitrogen and oxygen atoms in total. The number of nitrogens with one attached hydrogen (secondary N) is 2. The van der Waals surface area contributed by atoms with Crippen molar-refractivity contribution >= 4 is 17.8 Å². The second kappa shape index (κ2) is 5.49. The summed E-state index contributed by atoms with van der Waals surface area (Å²) in [6.07, 6.45) is 1.29. The molecule has 0 aromatic carbocycles. The molecule has 0 unspecified atom stereocenters. The van der Waals surface area contributed by atoms with E-state index in [0.717, 1.165) is 0 Å². The van der Waals surface area contributed by atoms with Gasteiger partial charge in [-0.2, -0.15) is 0 Å². The van der Waals surface area contributed by atoms with Crippen LogP contribution in [0.25, 0.3) is 0 Å². The van der Waals surface area contributed by atoms with Gasteiger partial charge in [-0.1, -0.05) is 5.16 Å². The summed E-state index contributed by atoms with van der Waals surface area (Å²) in [6.45, 7) is -0.816. The Morgan fingerprint density at radius 3 is 2.62 bits per heavy atom. The summed E-state index contributed by atoms with van der Waals surface area (Å²) in [7, 11) is 0. The summed E-state index contributed by atoms with van der Waals surface area (Å²) in [5.74, 6) is -2.38. The highest BCUT2D eigenvalue weighted by Gasteiger charge is 2.11. The van der Waals surface area contributed by atoms with E-state index in [2.05, 4.69) is 20.3 Å². The third kappa shape index (κ3) is 3.78. The lowest BCUT2D eigenvalue weighted by atomic mass is 10.4. The van der Waals surface area contributed by atoms with Gasteiger partial charge in [0.15, 0.2) is 0 Å². The Morgan fingerprint density at radius 2 is 2.06 bits per heavy atom. The van der Waals surface area contributed by atoms with Gasteiger partial charge in [-0.05, 0) is 0 Å². The number of carbonyl (C=O) groups excluding carboxylic acids is 2. The molecular weight excluding hydrogens is 218 g/mol. The Hall–Kier alpha value is -2.38. The Labute approximate surface area is 89.6 Å². The van der Waals surface area contributed by atoms with E-state index in [-0.39, 0.29) is 12.3 Å². The summed E-state index contributed by atoms with van der Waals surface area (Å²) in [4.78, 5) is 32.3. The first-order chi connectivity index (χ1) is 7.59. The molecule has 0 bridgehead atoms. The van der Waals surface area contributed by atoms with Gasteiger partial charge in [-0.25, -0.2) is 0 Å². The van der Waals surface area contributed by atoms with Crippen molar-refractivity contribution in [2.45, 2.75) is 0 Å². The van der Waals surface area contributed by atoms with Crippen LogP contribution >= 0.6 is 0 Å². The van der Waals surface area contributed by atoms with Crippen molar-refractivity contribution in [2.24, 2.45) is 0 Å². The fourth-order valence-electron chi connectivity index (χ4n) is 0.817. The molecule has 1 heterocycles. The van der Waals surface area contributed by atoms with Crippen molar-refractivity contribution < 1.29 is 24.0 Å². The Balaban J connectivity index is 2.27. The number of rotatable bonds is 5. The van der Waals surface area contributed by atoms with Crippen LogP contribution in [0, 0.1) is 0 Å². The van der Waals surface area contributed by atoms with Crippen LogP contribution < -0.4 is 10.6 Å². The van der Waals surface area contributed by atoms with Crippen molar-refractivity contribution in [1.82, 2.24) is 15.8 Å². The second-order valence-electron chi connectivity index (χ2n) is 2.73. The van der Waals surface area contributed by atoms with Gasteiger partial charge in [-0.3, -0.25) is 14.4 Å². The van der Waals surface area contributed by atoms with E-state index >= 15 is 0 Å². The van der Waals surface area contributed by atoms with Crippen molar-refractivity contribution in [3.05, 3.63) is 18.0 Å². The number of hydrogen-bond donors (Lipinski definition) is 3. The fraction of sp³-hybridized carbons (Fsp3) is 0.250. The van der Waals surface area contributed by atoms with E-state index in [1.165, 1.54) is 12.3 Å². The van der Waals surface area contributed by atoms with E-state index in [1.54, 1.807) is 0 Å². The lowest BCUT2D eigenvalue weighted by Gasteiger charge is -2.02. The Bertz CT molecular complexity index is 386. The molecule has 0 saturated carbocycles. The number of aliphatic carboxylic acids is 1. The van der Waals surface area contributed by atoms with Crippen LogP contribution in [-0.4, -0.2) is 41.1 Å². The maximum Gasteiger partial charge on any atom is 0.322 e. The molecule has 2 amide bonds. The number of nitrogens with zero attached hydrogens (tertiary/aromatic N) is 1. The smallest absolute Gasteiger partial charge is 0.322 e. The number of carbonyl (C=O) groups is 3. The van der Waals surface area contributed by atoms with Gasteiger partial charge in [0.1, 0.15) is 6.54 Å². The van der Waals surface area contributed by atoms with Crippen molar-refractivity contribution in [1.29, 1.82) is 0 Å². The Morgan fingerprint density at radius 1 is 1.31 bits per heavy atom. The predicted molar refractivity (Wildman–Crippen MR) is 49.5 cm³/mol. The van der Waals surface area contributed by atoms with E-state index < -0.39 is 24.3 Å². The number of carboxylic acids is 1. The summed E-state index contributed by atoms with van der Waals surface area (Å²) in [5.41, 5.74) is 0.